The van der Waals surface area contributed by atoms with Crippen molar-refractivity contribution in [2.24, 2.45) is 0 Å². The first-order valence-corrected chi connectivity index (χ1v) is 9.16. The maximum atomic E-state index is 13.9. The molecular formula is C20H15BrF2N4. The highest BCUT2D eigenvalue weighted by Gasteiger charge is 2.10. The number of fused-ring (bicyclic) bond motifs is 1. The number of aromatic nitrogens is 3. The van der Waals surface area contributed by atoms with E-state index in [4.69, 9.17) is 0 Å². The van der Waals surface area contributed by atoms with E-state index in [0.29, 0.717) is 16.8 Å². The van der Waals surface area contributed by atoms with Gasteiger partial charge in [0.1, 0.15) is 23.8 Å². The van der Waals surface area contributed by atoms with E-state index in [1.165, 1.54) is 18.5 Å². The van der Waals surface area contributed by atoms with Crippen LogP contribution in [-0.4, -0.2) is 21.5 Å². The maximum absolute atomic E-state index is 13.9. The number of hydrogen-bond acceptors (Lipinski definition) is 3. The molecule has 136 valence electrons. The van der Waals surface area contributed by atoms with E-state index in [9.17, 15) is 8.78 Å². The smallest absolute Gasteiger partial charge is 0.130 e. The number of aromatic amines is 1. The highest BCUT2D eigenvalue weighted by atomic mass is 79.9. The number of H-pyrrole nitrogens is 1. The summed E-state index contributed by atoms with van der Waals surface area (Å²) in [5.74, 6) is -0.526. The van der Waals surface area contributed by atoms with E-state index in [0.717, 1.165) is 22.2 Å². The van der Waals surface area contributed by atoms with Gasteiger partial charge in [-0.15, -0.1) is 0 Å². The van der Waals surface area contributed by atoms with E-state index in [1.54, 1.807) is 0 Å². The molecule has 0 spiro atoms. The van der Waals surface area contributed by atoms with Gasteiger partial charge in [-0.25, -0.2) is 18.7 Å². The van der Waals surface area contributed by atoms with Crippen LogP contribution in [0.1, 0.15) is 5.56 Å². The Balaban J connectivity index is 1.48. The minimum Gasteiger partial charge on any atom is -0.370 e. The van der Waals surface area contributed by atoms with E-state index in [-0.39, 0.29) is 12.0 Å². The Hall–Kier alpha value is -2.80. The van der Waals surface area contributed by atoms with Crippen molar-refractivity contribution in [3.05, 3.63) is 76.7 Å². The number of anilines is 1. The highest BCUT2D eigenvalue weighted by molar-refractivity contribution is 9.10. The summed E-state index contributed by atoms with van der Waals surface area (Å²) in [7, 11) is 0. The lowest BCUT2D eigenvalue weighted by Crippen LogP contribution is -2.09. The van der Waals surface area contributed by atoms with Crippen molar-refractivity contribution in [2.75, 3.05) is 11.9 Å². The van der Waals surface area contributed by atoms with Crippen LogP contribution in [-0.2, 0) is 6.42 Å². The minimum absolute atomic E-state index is 0.0529. The molecule has 0 saturated carbocycles. The van der Waals surface area contributed by atoms with E-state index in [1.807, 2.05) is 36.5 Å². The topological polar surface area (TPSA) is 53.6 Å². The normalized spacial score (nSPS) is 11.1. The second-order valence-electron chi connectivity index (χ2n) is 6.09. The second kappa shape index (κ2) is 7.44. The molecule has 0 radical (unpaired) electrons. The maximum Gasteiger partial charge on any atom is 0.130 e. The fourth-order valence-corrected chi connectivity index (χ4v) is 3.35. The molecular weight excluding hydrogens is 414 g/mol. The molecule has 2 aromatic carbocycles. The Labute approximate surface area is 162 Å². The SMILES string of the molecule is Fc1cc(Br)cc(F)c1CCNc1cc(-c2ccc3cc[nH]c3c2)ncn1. The van der Waals surface area contributed by atoms with Crippen molar-refractivity contribution in [1.82, 2.24) is 15.0 Å². The van der Waals surface area contributed by atoms with Gasteiger partial charge >= 0.3 is 0 Å². The molecule has 2 heterocycles. The predicted octanol–water partition coefficient (Wildman–Crippen LogP) is 5.32. The van der Waals surface area contributed by atoms with E-state index in [2.05, 4.69) is 36.2 Å². The van der Waals surface area contributed by atoms with Crippen molar-refractivity contribution >= 4 is 32.7 Å². The summed E-state index contributed by atoms with van der Waals surface area (Å²) in [5, 5.41) is 4.23. The summed E-state index contributed by atoms with van der Waals surface area (Å²) in [4.78, 5) is 11.7. The summed E-state index contributed by atoms with van der Waals surface area (Å²) in [6.45, 7) is 0.349. The molecule has 7 heteroatoms. The fourth-order valence-electron chi connectivity index (χ4n) is 2.95. The number of nitrogens with zero attached hydrogens (tertiary/aromatic N) is 2. The molecule has 4 nitrogen and oxygen atoms in total. The van der Waals surface area contributed by atoms with Gasteiger partial charge in [-0.05, 0) is 36.1 Å². The third kappa shape index (κ3) is 3.83. The summed E-state index contributed by atoms with van der Waals surface area (Å²) >= 11 is 3.08. The minimum atomic E-state index is -0.564. The second-order valence-corrected chi connectivity index (χ2v) is 7.01. The Morgan fingerprint density at radius 1 is 1.00 bits per heavy atom. The van der Waals surface area contributed by atoms with Crippen LogP contribution in [0.15, 0.2) is 59.5 Å². The lowest BCUT2D eigenvalue weighted by atomic mass is 10.1. The van der Waals surface area contributed by atoms with Gasteiger partial charge < -0.3 is 10.3 Å². The average Bonchev–Trinajstić information content (AvgIpc) is 3.12. The molecule has 27 heavy (non-hydrogen) atoms. The molecule has 4 aromatic rings. The van der Waals surface area contributed by atoms with E-state index >= 15 is 0 Å². The molecule has 4 rings (SSSR count). The molecule has 0 aliphatic carbocycles. The molecule has 0 aliphatic rings. The standard InChI is InChI=1S/C20H15BrF2N4/c21-14-8-16(22)15(17(23)9-14)4-6-25-20-10-19(26-11-27-20)13-2-1-12-3-5-24-18(12)7-13/h1-3,5,7-11,24H,4,6H2,(H,25,26,27). The number of nitrogens with one attached hydrogen (secondary N) is 2. The van der Waals surface area contributed by atoms with Gasteiger partial charge in [0.15, 0.2) is 0 Å². The van der Waals surface area contributed by atoms with Crippen LogP contribution in [0.4, 0.5) is 14.6 Å². The van der Waals surface area contributed by atoms with Crippen LogP contribution < -0.4 is 5.32 Å². The number of hydrogen-bond donors (Lipinski definition) is 2. The molecule has 0 bridgehead atoms. The van der Waals surface area contributed by atoms with Gasteiger partial charge in [0.2, 0.25) is 0 Å². The van der Waals surface area contributed by atoms with Crippen LogP contribution in [0.5, 0.6) is 0 Å². The van der Waals surface area contributed by atoms with Crippen LogP contribution >= 0.6 is 15.9 Å². The third-order valence-electron chi connectivity index (χ3n) is 4.30. The summed E-state index contributed by atoms with van der Waals surface area (Å²) in [6, 6.07) is 12.4. The van der Waals surface area contributed by atoms with Gasteiger partial charge in [-0.2, -0.15) is 0 Å². The molecule has 0 fully saturated rings. The molecule has 0 atom stereocenters. The number of halogens is 3. The first-order valence-electron chi connectivity index (χ1n) is 8.37. The summed E-state index contributed by atoms with van der Waals surface area (Å²) in [6.07, 6.45) is 3.57. The van der Waals surface area contributed by atoms with Crippen molar-refractivity contribution in [2.45, 2.75) is 6.42 Å². The Morgan fingerprint density at radius 2 is 1.81 bits per heavy atom. The lowest BCUT2D eigenvalue weighted by molar-refractivity contribution is 0.555. The lowest BCUT2D eigenvalue weighted by Gasteiger charge is -2.09. The Morgan fingerprint density at radius 3 is 2.63 bits per heavy atom. The van der Waals surface area contributed by atoms with Gasteiger partial charge in [0.25, 0.3) is 0 Å². The van der Waals surface area contributed by atoms with Crippen molar-refractivity contribution in [1.29, 1.82) is 0 Å². The van der Waals surface area contributed by atoms with Crippen LogP contribution in [0.25, 0.3) is 22.2 Å². The number of benzene rings is 2. The monoisotopic (exact) mass is 428 g/mol. The summed E-state index contributed by atoms with van der Waals surface area (Å²) in [5.41, 5.74) is 2.81. The van der Waals surface area contributed by atoms with Crippen molar-refractivity contribution < 1.29 is 8.78 Å². The van der Waals surface area contributed by atoms with Crippen molar-refractivity contribution in [3.63, 3.8) is 0 Å². The largest absolute Gasteiger partial charge is 0.370 e. The van der Waals surface area contributed by atoms with Gasteiger partial charge in [-0.1, -0.05) is 28.1 Å². The molecule has 2 N–H and O–H groups in total. The van der Waals surface area contributed by atoms with Crippen LogP contribution in [0.3, 0.4) is 0 Å². The predicted molar refractivity (Wildman–Crippen MR) is 106 cm³/mol. The first kappa shape index (κ1) is 17.6. The quantitative estimate of drug-likeness (QED) is 0.452. The highest BCUT2D eigenvalue weighted by Crippen LogP contribution is 2.24. The molecule has 0 aliphatic heterocycles. The molecule has 0 amide bonds. The third-order valence-corrected chi connectivity index (χ3v) is 4.76. The van der Waals surface area contributed by atoms with Crippen LogP contribution in [0, 0.1) is 11.6 Å². The zero-order valence-corrected chi connectivity index (χ0v) is 15.7. The molecule has 2 aromatic heterocycles. The molecule has 0 unspecified atom stereocenters. The van der Waals surface area contributed by atoms with Gasteiger partial charge in [0.05, 0.1) is 5.69 Å². The van der Waals surface area contributed by atoms with Crippen LogP contribution in [0.2, 0.25) is 0 Å². The Kier molecular flexibility index (Phi) is 4.85. The Bertz CT molecular complexity index is 1090. The summed E-state index contributed by atoms with van der Waals surface area (Å²) < 4.78 is 28.2. The fraction of sp³-hybridized carbons (Fsp3) is 0.100. The van der Waals surface area contributed by atoms with Crippen molar-refractivity contribution in [3.8, 4) is 11.3 Å². The zero-order valence-electron chi connectivity index (χ0n) is 14.1. The van der Waals surface area contributed by atoms with Gasteiger partial charge in [-0.3, -0.25) is 0 Å². The number of rotatable bonds is 5. The van der Waals surface area contributed by atoms with E-state index < -0.39 is 11.6 Å². The first-order chi connectivity index (χ1) is 13.1. The zero-order chi connectivity index (χ0) is 18.8. The molecule has 0 saturated heterocycles. The average molecular weight is 429 g/mol. The van der Waals surface area contributed by atoms with Gasteiger partial charge in [0, 0.05) is 39.9 Å².